The second kappa shape index (κ2) is 13.5. The summed E-state index contributed by atoms with van der Waals surface area (Å²) in [6.07, 6.45) is 5.84. The van der Waals surface area contributed by atoms with E-state index < -0.39 is 5.43 Å². The van der Waals surface area contributed by atoms with Crippen molar-refractivity contribution >= 4 is 11.9 Å². The minimum Gasteiger partial charge on any atom is -0.508 e. The summed E-state index contributed by atoms with van der Waals surface area (Å²) in [6.45, 7) is 6.57. The third-order valence-electron chi connectivity index (χ3n) is 6.27. The smallest absolute Gasteiger partial charge is 0.223 e. The van der Waals surface area contributed by atoms with Gasteiger partial charge in [0.1, 0.15) is 17.2 Å². The fourth-order valence-electron chi connectivity index (χ4n) is 3.82. The van der Waals surface area contributed by atoms with Crippen LogP contribution in [0.15, 0.2) is 65.0 Å². The first kappa shape index (κ1) is 29.3. The average molecular weight is 534 g/mol. The molecule has 3 aromatic rings. The largest absolute Gasteiger partial charge is 0.508 e. The van der Waals surface area contributed by atoms with Crippen LogP contribution in [0.3, 0.4) is 0 Å². The molecule has 0 spiro atoms. The second-order valence-electron chi connectivity index (χ2n) is 9.47. The Hall–Kier alpha value is -4.30. The molecule has 0 amide bonds. The van der Waals surface area contributed by atoms with Crippen molar-refractivity contribution in [2.45, 2.75) is 40.2 Å². The lowest BCUT2D eigenvalue weighted by Gasteiger charge is -2.14. The summed E-state index contributed by atoms with van der Waals surface area (Å²) in [6, 6.07) is 11.4. The van der Waals surface area contributed by atoms with Gasteiger partial charge in [-0.1, -0.05) is 29.9 Å². The molecule has 1 heterocycles. The molecule has 3 N–H and O–H groups in total. The molecule has 8 heteroatoms. The number of phenolic OH excluding ortho intramolecular Hbond substituents is 2. The van der Waals surface area contributed by atoms with Crippen LogP contribution in [0.1, 0.15) is 53.1 Å². The van der Waals surface area contributed by atoms with E-state index in [9.17, 15) is 24.9 Å². The number of aryl methyl sites for hydroxylation is 1. The number of phenols is 2. The topological polar surface area (TPSA) is 118 Å². The number of hydrogen-bond acceptors (Lipinski definition) is 7. The number of allylic oxidation sites excluding steroid dienone is 3. The molecule has 39 heavy (non-hydrogen) atoms. The SMILES string of the molecule is CC(C)=CCc1c(O)ccc(C(=O)/C=C/c2ccc(OCCCOCc3c(O)c(=O)cc(C)n3C)cc2)c1O. The maximum atomic E-state index is 12.7. The van der Waals surface area contributed by atoms with E-state index >= 15 is 0 Å². The molecule has 0 radical (unpaired) electrons. The van der Waals surface area contributed by atoms with Crippen molar-refractivity contribution in [2.75, 3.05) is 13.2 Å². The number of ether oxygens (including phenoxy) is 2. The number of rotatable bonds is 12. The Morgan fingerprint density at radius 2 is 1.72 bits per heavy atom. The molecule has 0 saturated carbocycles. The molecule has 0 saturated heterocycles. The molecule has 2 aromatic carbocycles. The lowest BCUT2D eigenvalue weighted by atomic mass is 10.0. The Kier molecular flexibility index (Phi) is 10.1. The highest BCUT2D eigenvalue weighted by Gasteiger charge is 2.15. The molecule has 0 aliphatic heterocycles. The van der Waals surface area contributed by atoms with Crippen molar-refractivity contribution in [1.29, 1.82) is 0 Å². The van der Waals surface area contributed by atoms with Crippen LogP contribution >= 0.6 is 0 Å². The minimum atomic E-state index is -0.419. The van der Waals surface area contributed by atoms with Crippen LogP contribution in [0, 0.1) is 6.92 Å². The Bertz CT molecular complexity index is 1430. The summed E-state index contributed by atoms with van der Waals surface area (Å²) in [5.74, 6) is -0.262. The molecule has 0 unspecified atom stereocenters. The molecule has 8 nitrogen and oxygen atoms in total. The molecule has 206 valence electrons. The van der Waals surface area contributed by atoms with Crippen LogP contribution in [0.25, 0.3) is 6.08 Å². The van der Waals surface area contributed by atoms with Crippen molar-refractivity contribution < 1.29 is 29.6 Å². The van der Waals surface area contributed by atoms with Crippen LogP contribution in [-0.2, 0) is 24.8 Å². The van der Waals surface area contributed by atoms with Crippen LogP contribution in [-0.4, -0.2) is 38.9 Å². The quantitative estimate of drug-likeness (QED) is 0.127. The third kappa shape index (κ3) is 7.85. The van der Waals surface area contributed by atoms with E-state index in [1.807, 2.05) is 32.1 Å². The van der Waals surface area contributed by atoms with Crippen LogP contribution < -0.4 is 10.2 Å². The predicted molar refractivity (Wildman–Crippen MR) is 151 cm³/mol. The van der Waals surface area contributed by atoms with Gasteiger partial charge in [-0.2, -0.15) is 0 Å². The van der Waals surface area contributed by atoms with Crippen molar-refractivity contribution in [3.05, 3.63) is 98.5 Å². The van der Waals surface area contributed by atoms with Crippen molar-refractivity contribution in [2.24, 2.45) is 7.05 Å². The molecule has 0 aliphatic carbocycles. The molecule has 0 atom stereocenters. The van der Waals surface area contributed by atoms with E-state index in [1.165, 1.54) is 24.3 Å². The third-order valence-corrected chi connectivity index (χ3v) is 6.27. The first-order valence-corrected chi connectivity index (χ1v) is 12.7. The normalized spacial score (nSPS) is 11.1. The van der Waals surface area contributed by atoms with Gasteiger partial charge in [0.25, 0.3) is 0 Å². The van der Waals surface area contributed by atoms with E-state index in [-0.39, 0.29) is 35.2 Å². The maximum absolute atomic E-state index is 12.7. The summed E-state index contributed by atoms with van der Waals surface area (Å²) in [7, 11) is 1.77. The number of hydrogen-bond donors (Lipinski definition) is 3. The van der Waals surface area contributed by atoms with E-state index in [1.54, 1.807) is 36.7 Å². The second-order valence-corrected chi connectivity index (χ2v) is 9.47. The number of aromatic nitrogens is 1. The Labute approximate surface area is 228 Å². The first-order valence-electron chi connectivity index (χ1n) is 12.7. The highest BCUT2D eigenvalue weighted by atomic mass is 16.5. The molecular weight excluding hydrogens is 498 g/mol. The van der Waals surface area contributed by atoms with Gasteiger partial charge in [-0.05, 0) is 63.1 Å². The summed E-state index contributed by atoms with van der Waals surface area (Å²) >= 11 is 0. The van der Waals surface area contributed by atoms with E-state index in [4.69, 9.17) is 9.47 Å². The zero-order valence-corrected chi connectivity index (χ0v) is 22.7. The van der Waals surface area contributed by atoms with Gasteiger partial charge in [-0.15, -0.1) is 0 Å². The summed E-state index contributed by atoms with van der Waals surface area (Å²) in [4.78, 5) is 24.5. The number of ketones is 1. The van der Waals surface area contributed by atoms with Gasteiger partial charge in [-0.3, -0.25) is 9.59 Å². The highest BCUT2D eigenvalue weighted by molar-refractivity contribution is 6.09. The summed E-state index contributed by atoms with van der Waals surface area (Å²) in [5.41, 5.74) is 3.03. The lowest BCUT2D eigenvalue weighted by molar-refractivity contribution is 0.101. The van der Waals surface area contributed by atoms with Gasteiger partial charge in [-0.25, -0.2) is 0 Å². The number of pyridine rings is 1. The van der Waals surface area contributed by atoms with Gasteiger partial charge >= 0.3 is 0 Å². The van der Waals surface area contributed by atoms with Crippen molar-refractivity contribution in [3.8, 4) is 23.0 Å². The number of carbonyl (C=O) groups excluding carboxylic acids is 1. The Morgan fingerprint density at radius 1 is 1.00 bits per heavy atom. The molecule has 1 aromatic heterocycles. The summed E-state index contributed by atoms with van der Waals surface area (Å²) < 4.78 is 13.1. The van der Waals surface area contributed by atoms with Gasteiger partial charge in [0, 0.05) is 30.8 Å². The minimum absolute atomic E-state index is 0.0507. The van der Waals surface area contributed by atoms with Crippen LogP contribution in [0.2, 0.25) is 0 Å². The van der Waals surface area contributed by atoms with Gasteiger partial charge in [0.05, 0.1) is 31.1 Å². The summed E-state index contributed by atoms with van der Waals surface area (Å²) in [5, 5.41) is 30.6. The van der Waals surface area contributed by atoms with Crippen molar-refractivity contribution in [1.82, 2.24) is 4.57 Å². The maximum Gasteiger partial charge on any atom is 0.223 e. The fourth-order valence-corrected chi connectivity index (χ4v) is 3.82. The van der Waals surface area contributed by atoms with Gasteiger partial charge in [0.2, 0.25) is 5.43 Å². The monoisotopic (exact) mass is 533 g/mol. The van der Waals surface area contributed by atoms with Crippen molar-refractivity contribution in [3.63, 3.8) is 0 Å². The fraction of sp³-hybridized carbons (Fsp3) is 0.290. The Morgan fingerprint density at radius 3 is 2.41 bits per heavy atom. The molecule has 0 aliphatic rings. The van der Waals surface area contributed by atoms with Crippen LogP contribution in [0.4, 0.5) is 0 Å². The zero-order valence-electron chi connectivity index (χ0n) is 22.7. The number of carbonyl (C=O) groups is 1. The highest BCUT2D eigenvalue weighted by Crippen LogP contribution is 2.32. The van der Waals surface area contributed by atoms with Crippen LogP contribution in [0.5, 0.6) is 23.0 Å². The van der Waals surface area contributed by atoms with E-state index in [0.29, 0.717) is 43.1 Å². The van der Waals surface area contributed by atoms with E-state index in [2.05, 4.69) is 0 Å². The Balaban J connectivity index is 1.48. The lowest BCUT2D eigenvalue weighted by Crippen LogP contribution is -2.15. The standard InChI is InChI=1S/C31H35NO7/c1-20(2)6-12-24-28(34)15-13-25(30(24)36)27(33)14-9-22-7-10-23(11-8-22)39-17-5-16-38-19-26-31(37)29(35)18-21(3)32(26)4/h6-11,13-15,18,34,36-37H,5,12,16-17,19H2,1-4H3/b14-9+. The first-order chi connectivity index (χ1) is 18.6. The van der Waals surface area contributed by atoms with Gasteiger partial charge in [0.15, 0.2) is 11.5 Å². The zero-order chi connectivity index (χ0) is 28.5. The number of nitrogens with zero attached hydrogens (tertiary/aromatic N) is 1. The molecule has 3 rings (SSSR count). The molecule has 0 fully saturated rings. The number of aromatic hydroxyl groups is 3. The molecular formula is C31H35NO7. The van der Waals surface area contributed by atoms with Gasteiger partial charge < -0.3 is 29.4 Å². The predicted octanol–water partition coefficient (Wildman–Crippen LogP) is 5.20. The molecule has 0 bridgehead atoms. The number of benzene rings is 2. The van der Waals surface area contributed by atoms with E-state index in [0.717, 1.165) is 16.8 Å². The average Bonchev–Trinajstić information content (AvgIpc) is 2.90.